The van der Waals surface area contributed by atoms with Gasteiger partial charge >= 0.3 is 6.09 Å². The molecule has 0 aliphatic carbocycles. The maximum atomic E-state index is 12.4. The summed E-state index contributed by atoms with van der Waals surface area (Å²) in [6, 6.07) is 20.5. The van der Waals surface area contributed by atoms with Crippen molar-refractivity contribution in [2.75, 3.05) is 13.1 Å². The van der Waals surface area contributed by atoms with Crippen LogP contribution in [0.25, 0.3) is 21.8 Å². The fourth-order valence-corrected chi connectivity index (χ4v) is 5.12. The van der Waals surface area contributed by atoms with Crippen LogP contribution >= 0.6 is 0 Å². The average Bonchev–Trinajstić information content (AvgIpc) is 3.25. The Hall–Kier alpha value is -4.05. The highest BCUT2D eigenvalue weighted by atomic mass is 16.6. The Balaban J connectivity index is 1.36. The number of amides is 1. The lowest BCUT2D eigenvalue weighted by Gasteiger charge is -2.33. The number of likely N-dealkylation sites (tertiary alicyclic amines) is 1. The Morgan fingerprint density at radius 1 is 1.05 bits per heavy atom. The standard InChI is InChI=1S/C32H36N4O3/c1-21(2)30-34-28-11-10-27(38-26-12-14-35(15-13-26)31(37)39-32(3,4)5)18-29(28)36(30)20-23-7-9-24-8-6-22(19-33)16-25(24)17-23/h6-11,16-18,21,26H,12-15,20H2,1-5H3. The van der Waals surface area contributed by atoms with Crippen LogP contribution in [0, 0.1) is 11.3 Å². The van der Waals surface area contributed by atoms with Crippen molar-refractivity contribution in [1.29, 1.82) is 5.26 Å². The first-order valence-electron chi connectivity index (χ1n) is 13.7. The van der Waals surface area contributed by atoms with E-state index in [1.807, 2.05) is 51.1 Å². The summed E-state index contributed by atoms with van der Waals surface area (Å²) in [5, 5.41) is 11.5. The van der Waals surface area contributed by atoms with E-state index in [0.717, 1.165) is 51.8 Å². The molecule has 1 aliphatic heterocycles. The van der Waals surface area contributed by atoms with E-state index in [1.54, 1.807) is 4.90 Å². The van der Waals surface area contributed by atoms with E-state index >= 15 is 0 Å². The number of hydrogen-bond donors (Lipinski definition) is 0. The van der Waals surface area contributed by atoms with Gasteiger partial charge in [-0.25, -0.2) is 9.78 Å². The van der Waals surface area contributed by atoms with Crippen molar-refractivity contribution in [2.45, 2.75) is 71.6 Å². The van der Waals surface area contributed by atoms with Crippen molar-refractivity contribution in [3.8, 4) is 11.8 Å². The number of imidazole rings is 1. The fraction of sp³-hybridized carbons (Fsp3) is 0.406. The monoisotopic (exact) mass is 524 g/mol. The minimum atomic E-state index is -0.496. The summed E-state index contributed by atoms with van der Waals surface area (Å²) >= 11 is 0. The van der Waals surface area contributed by atoms with Crippen LogP contribution < -0.4 is 4.74 Å². The molecule has 7 heteroatoms. The van der Waals surface area contributed by atoms with Crippen LogP contribution in [0.1, 0.15) is 70.3 Å². The molecular weight excluding hydrogens is 488 g/mol. The molecule has 0 atom stereocenters. The molecule has 0 bridgehead atoms. The largest absolute Gasteiger partial charge is 0.490 e. The highest BCUT2D eigenvalue weighted by molar-refractivity contribution is 5.84. The Morgan fingerprint density at radius 3 is 2.49 bits per heavy atom. The predicted octanol–water partition coefficient (Wildman–Crippen LogP) is 7.01. The molecule has 1 aromatic heterocycles. The average molecular weight is 525 g/mol. The van der Waals surface area contributed by atoms with Crippen molar-refractivity contribution in [1.82, 2.24) is 14.5 Å². The van der Waals surface area contributed by atoms with E-state index in [4.69, 9.17) is 14.5 Å². The number of aromatic nitrogens is 2. The van der Waals surface area contributed by atoms with Gasteiger partial charge in [-0.2, -0.15) is 5.26 Å². The van der Waals surface area contributed by atoms with Crippen molar-refractivity contribution >= 4 is 27.9 Å². The summed E-state index contributed by atoms with van der Waals surface area (Å²) < 4.78 is 14.2. The number of fused-ring (bicyclic) bond motifs is 2. The number of rotatable bonds is 5. The van der Waals surface area contributed by atoms with Crippen LogP contribution in [0.4, 0.5) is 4.79 Å². The van der Waals surface area contributed by atoms with Gasteiger partial charge in [-0.1, -0.05) is 32.0 Å². The molecule has 0 spiro atoms. The van der Waals surface area contributed by atoms with Gasteiger partial charge in [0, 0.05) is 44.5 Å². The Morgan fingerprint density at radius 2 is 1.79 bits per heavy atom. The highest BCUT2D eigenvalue weighted by Gasteiger charge is 2.28. The van der Waals surface area contributed by atoms with E-state index in [-0.39, 0.29) is 18.1 Å². The summed E-state index contributed by atoms with van der Waals surface area (Å²) in [6.07, 6.45) is 1.30. The van der Waals surface area contributed by atoms with E-state index in [2.05, 4.69) is 48.7 Å². The molecule has 3 aromatic carbocycles. The molecule has 1 saturated heterocycles. The van der Waals surface area contributed by atoms with Crippen molar-refractivity contribution in [3.63, 3.8) is 0 Å². The third-order valence-corrected chi connectivity index (χ3v) is 7.04. The van der Waals surface area contributed by atoms with Gasteiger partial charge in [-0.05, 0) is 67.4 Å². The number of ether oxygens (including phenoxy) is 2. The number of nitrogens with zero attached hydrogens (tertiary/aromatic N) is 4. The molecule has 0 N–H and O–H groups in total. The third-order valence-electron chi connectivity index (χ3n) is 7.04. The zero-order valence-corrected chi connectivity index (χ0v) is 23.4. The molecule has 5 rings (SSSR count). The van der Waals surface area contributed by atoms with Gasteiger partial charge in [0.15, 0.2) is 0 Å². The van der Waals surface area contributed by atoms with Gasteiger partial charge in [0.05, 0.1) is 22.7 Å². The molecular formula is C32H36N4O3. The number of nitriles is 1. The second kappa shape index (κ2) is 10.6. The van der Waals surface area contributed by atoms with E-state index in [9.17, 15) is 10.1 Å². The summed E-state index contributed by atoms with van der Waals surface area (Å²) in [7, 11) is 0. The molecule has 0 radical (unpaired) electrons. The van der Waals surface area contributed by atoms with Gasteiger partial charge in [-0.15, -0.1) is 0 Å². The minimum Gasteiger partial charge on any atom is -0.490 e. The molecule has 1 fully saturated rings. The lowest BCUT2D eigenvalue weighted by Crippen LogP contribution is -2.44. The fourth-order valence-electron chi connectivity index (χ4n) is 5.12. The number of piperidine rings is 1. The molecule has 4 aromatic rings. The van der Waals surface area contributed by atoms with Crippen LogP contribution in [0.15, 0.2) is 54.6 Å². The van der Waals surface area contributed by atoms with Crippen LogP contribution in [-0.2, 0) is 11.3 Å². The molecule has 7 nitrogen and oxygen atoms in total. The molecule has 2 heterocycles. The molecule has 39 heavy (non-hydrogen) atoms. The Kier molecular flexibility index (Phi) is 7.22. The second-order valence-corrected chi connectivity index (χ2v) is 11.7. The Bertz CT molecular complexity index is 1550. The summed E-state index contributed by atoms with van der Waals surface area (Å²) in [6.45, 7) is 11.9. The number of carbonyl (C=O) groups is 1. The first-order valence-corrected chi connectivity index (χ1v) is 13.7. The molecule has 1 aliphatic rings. The lowest BCUT2D eigenvalue weighted by atomic mass is 10.0. The topological polar surface area (TPSA) is 80.4 Å². The zero-order chi connectivity index (χ0) is 27.7. The first kappa shape index (κ1) is 26.6. The molecule has 0 saturated carbocycles. The normalized spacial score (nSPS) is 14.6. The zero-order valence-electron chi connectivity index (χ0n) is 23.4. The smallest absolute Gasteiger partial charge is 0.410 e. The van der Waals surface area contributed by atoms with Crippen LogP contribution in [0.5, 0.6) is 5.75 Å². The van der Waals surface area contributed by atoms with Gasteiger partial charge in [0.2, 0.25) is 0 Å². The van der Waals surface area contributed by atoms with E-state index in [1.165, 1.54) is 0 Å². The highest BCUT2D eigenvalue weighted by Crippen LogP contribution is 2.29. The van der Waals surface area contributed by atoms with Crippen molar-refractivity contribution in [3.05, 3.63) is 71.5 Å². The summed E-state index contributed by atoms with van der Waals surface area (Å²) in [4.78, 5) is 19.1. The Labute approximate surface area is 229 Å². The molecule has 0 unspecified atom stereocenters. The van der Waals surface area contributed by atoms with E-state index < -0.39 is 5.60 Å². The summed E-state index contributed by atoms with van der Waals surface area (Å²) in [5.41, 5.74) is 3.30. The molecule has 202 valence electrons. The quantitative estimate of drug-likeness (QED) is 0.280. The van der Waals surface area contributed by atoms with Gasteiger partial charge in [0.1, 0.15) is 23.3 Å². The number of benzene rings is 3. The minimum absolute atomic E-state index is 0.0388. The van der Waals surface area contributed by atoms with Crippen molar-refractivity contribution in [2.24, 2.45) is 0 Å². The summed E-state index contributed by atoms with van der Waals surface area (Å²) in [5.74, 6) is 2.09. The van der Waals surface area contributed by atoms with Gasteiger partial charge in [0.25, 0.3) is 0 Å². The van der Waals surface area contributed by atoms with Crippen LogP contribution in [0.2, 0.25) is 0 Å². The van der Waals surface area contributed by atoms with Crippen molar-refractivity contribution < 1.29 is 14.3 Å². The van der Waals surface area contributed by atoms with Gasteiger partial charge < -0.3 is 18.9 Å². The predicted molar refractivity (Wildman–Crippen MR) is 153 cm³/mol. The van der Waals surface area contributed by atoms with Crippen LogP contribution in [-0.4, -0.2) is 45.3 Å². The SMILES string of the molecule is CC(C)c1nc2ccc(OC3CCN(C(=O)OC(C)(C)C)CC3)cc2n1Cc1ccc2ccc(C#N)cc2c1. The van der Waals surface area contributed by atoms with Gasteiger partial charge in [-0.3, -0.25) is 0 Å². The molecule has 1 amide bonds. The maximum absolute atomic E-state index is 12.4. The van der Waals surface area contributed by atoms with E-state index in [0.29, 0.717) is 25.2 Å². The first-order chi connectivity index (χ1) is 18.6. The maximum Gasteiger partial charge on any atom is 0.410 e. The second-order valence-electron chi connectivity index (χ2n) is 11.7. The number of hydrogen-bond acceptors (Lipinski definition) is 5. The third kappa shape index (κ3) is 6.01. The van der Waals surface area contributed by atoms with Crippen LogP contribution in [0.3, 0.4) is 0 Å². The number of carbonyl (C=O) groups excluding carboxylic acids is 1. The lowest BCUT2D eigenvalue weighted by molar-refractivity contribution is 0.0127.